The summed E-state index contributed by atoms with van der Waals surface area (Å²) in [5.74, 6) is 0.753. The first-order valence-corrected chi connectivity index (χ1v) is 14.9. The minimum absolute atomic E-state index is 0.0949. The van der Waals surface area contributed by atoms with Gasteiger partial charge < -0.3 is 14.7 Å². The Balaban J connectivity index is 1.16. The number of hydrogen-bond acceptors (Lipinski definition) is 8. The molecule has 2 aromatic carbocycles. The highest BCUT2D eigenvalue weighted by Gasteiger charge is 2.30. The number of nitrogens with one attached hydrogen (secondary N) is 1. The quantitative estimate of drug-likeness (QED) is 0.458. The molecule has 5 rings (SSSR count). The molecule has 0 unspecified atom stereocenters. The number of piperidine rings is 1. The maximum Gasteiger partial charge on any atom is 0.243 e. The number of benzene rings is 2. The van der Waals surface area contributed by atoms with Gasteiger partial charge in [-0.3, -0.25) is 9.69 Å². The van der Waals surface area contributed by atoms with Gasteiger partial charge in [0.2, 0.25) is 27.6 Å². The number of halogens is 1. The largest absolute Gasteiger partial charge is 0.338 e. The summed E-state index contributed by atoms with van der Waals surface area (Å²) in [6.45, 7) is 6.02. The van der Waals surface area contributed by atoms with Gasteiger partial charge in [0.15, 0.2) is 0 Å². The van der Waals surface area contributed by atoms with Gasteiger partial charge in [0, 0.05) is 48.4 Å². The van der Waals surface area contributed by atoms with E-state index in [2.05, 4.69) is 25.3 Å². The Morgan fingerprint density at radius 3 is 2.54 bits per heavy atom. The third-order valence-corrected chi connectivity index (χ3v) is 9.68. The fourth-order valence-corrected chi connectivity index (χ4v) is 6.84. The van der Waals surface area contributed by atoms with Crippen LogP contribution >= 0.6 is 11.6 Å². The van der Waals surface area contributed by atoms with Crippen molar-refractivity contribution in [2.45, 2.75) is 31.2 Å². The normalized spacial score (nSPS) is 18.3. The van der Waals surface area contributed by atoms with Gasteiger partial charge in [-0.05, 0) is 69.7 Å². The Bertz CT molecular complexity index is 1430. The molecular formula is C27H33ClN6O4S. The number of carbonyl (C=O) groups is 1. The Morgan fingerprint density at radius 1 is 1.08 bits per heavy atom. The maximum atomic E-state index is 13.3. The van der Waals surface area contributed by atoms with Gasteiger partial charge in [0.25, 0.3) is 0 Å². The fourth-order valence-electron chi connectivity index (χ4n) is 4.98. The van der Waals surface area contributed by atoms with Crippen LogP contribution < -0.4 is 5.32 Å². The van der Waals surface area contributed by atoms with Crippen molar-refractivity contribution in [3.63, 3.8) is 0 Å². The van der Waals surface area contributed by atoms with Crippen molar-refractivity contribution in [2.24, 2.45) is 5.92 Å². The fraction of sp³-hybridized carbons (Fsp3) is 0.444. The molecule has 12 heteroatoms. The summed E-state index contributed by atoms with van der Waals surface area (Å²) in [5, 5.41) is 7.62. The molecule has 3 heterocycles. The lowest BCUT2D eigenvalue weighted by atomic mass is 9.96. The first-order valence-electron chi connectivity index (χ1n) is 13.1. The number of anilines is 1. The van der Waals surface area contributed by atoms with E-state index >= 15 is 0 Å². The molecule has 0 saturated carbocycles. The summed E-state index contributed by atoms with van der Waals surface area (Å²) in [6.07, 6.45) is 1.36. The summed E-state index contributed by atoms with van der Waals surface area (Å²) in [7, 11) is -1.65. The molecule has 2 aliphatic rings. The zero-order chi connectivity index (χ0) is 27.6. The Morgan fingerprint density at radius 2 is 1.82 bits per heavy atom. The summed E-state index contributed by atoms with van der Waals surface area (Å²) >= 11 is 6.06. The number of amides is 1. The van der Waals surface area contributed by atoms with Crippen LogP contribution in [0.2, 0.25) is 5.02 Å². The van der Waals surface area contributed by atoms with Crippen LogP contribution in [0.5, 0.6) is 0 Å². The number of nitrogens with zero attached hydrogens (tertiary/aromatic N) is 5. The maximum absolute atomic E-state index is 13.3. The molecule has 0 bridgehead atoms. The van der Waals surface area contributed by atoms with Gasteiger partial charge in [-0.25, -0.2) is 8.42 Å². The van der Waals surface area contributed by atoms with E-state index in [1.54, 1.807) is 37.3 Å². The summed E-state index contributed by atoms with van der Waals surface area (Å²) in [4.78, 5) is 22.1. The van der Waals surface area contributed by atoms with Gasteiger partial charge in [-0.15, -0.1) is 0 Å². The van der Waals surface area contributed by atoms with Crippen molar-refractivity contribution >= 4 is 33.2 Å². The SMILES string of the molecule is Cc1ccc(NC(=O)C2CCN(Cc3nc(-c4cccc(Cl)c4)no3)CC2)cc1S(=O)(=O)N1CCN(C)CC1. The molecule has 1 amide bonds. The van der Waals surface area contributed by atoms with Crippen LogP contribution in [0, 0.1) is 12.8 Å². The number of rotatable bonds is 7. The average Bonchev–Trinajstić information content (AvgIpc) is 3.39. The van der Waals surface area contributed by atoms with Crippen LogP contribution in [0.25, 0.3) is 11.4 Å². The second kappa shape index (κ2) is 11.7. The highest BCUT2D eigenvalue weighted by atomic mass is 35.5. The molecule has 39 heavy (non-hydrogen) atoms. The van der Waals surface area contributed by atoms with Gasteiger partial charge in [0.05, 0.1) is 11.4 Å². The molecule has 1 N–H and O–H groups in total. The van der Waals surface area contributed by atoms with E-state index in [0.29, 0.717) is 86.6 Å². The molecule has 0 aliphatic carbocycles. The predicted molar refractivity (Wildman–Crippen MR) is 149 cm³/mol. The number of sulfonamides is 1. The van der Waals surface area contributed by atoms with Crippen molar-refractivity contribution in [1.29, 1.82) is 0 Å². The van der Waals surface area contributed by atoms with Gasteiger partial charge in [-0.1, -0.05) is 35.0 Å². The Hall–Kier alpha value is -2.83. The molecule has 1 aromatic heterocycles. The monoisotopic (exact) mass is 572 g/mol. The average molecular weight is 573 g/mol. The summed E-state index contributed by atoms with van der Waals surface area (Å²) in [5.41, 5.74) is 1.96. The molecule has 10 nitrogen and oxygen atoms in total. The van der Waals surface area contributed by atoms with Crippen LogP contribution in [0.3, 0.4) is 0 Å². The summed E-state index contributed by atoms with van der Waals surface area (Å²) < 4.78 is 33.6. The van der Waals surface area contributed by atoms with E-state index in [0.717, 1.165) is 5.56 Å². The third-order valence-electron chi connectivity index (χ3n) is 7.40. The van der Waals surface area contributed by atoms with E-state index in [1.165, 1.54) is 4.31 Å². The minimum atomic E-state index is -3.63. The van der Waals surface area contributed by atoms with E-state index in [9.17, 15) is 13.2 Å². The number of carbonyl (C=O) groups excluding carboxylic acids is 1. The minimum Gasteiger partial charge on any atom is -0.338 e. The topological polar surface area (TPSA) is 112 Å². The Kier molecular flexibility index (Phi) is 8.34. The lowest BCUT2D eigenvalue weighted by molar-refractivity contribution is -0.121. The van der Waals surface area contributed by atoms with Crippen LogP contribution in [0.4, 0.5) is 5.69 Å². The number of likely N-dealkylation sites (tertiary alicyclic amines) is 1. The first kappa shape index (κ1) is 27.7. The third kappa shape index (κ3) is 6.50. The molecule has 2 aliphatic heterocycles. The van der Waals surface area contributed by atoms with Crippen molar-refractivity contribution < 1.29 is 17.7 Å². The molecule has 3 aromatic rings. The van der Waals surface area contributed by atoms with Gasteiger partial charge >= 0.3 is 0 Å². The standard InChI is InChI=1S/C27H33ClN6O4S/c1-19-6-7-23(17-24(19)39(36,37)34-14-12-32(2)13-15-34)29-27(35)20-8-10-33(11-9-20)18-25-30-26(31-38-25)21-4-3-5-22(28)16-21/h3-7,16-17,20H,8-15,18H2,1-2H3,(H,29,35). The second-order valence-electron chi connectivity index (χ2n) is 10.2. The van der Waals surface area contributed by atoms with Crippen molar-refractivity contribution in [1.82, 2.24) is 24.2 Å². The van der Waals surface area contributed by atoms with E-state index < -0.39 is 10.0 Å². The lowest BCUT2D eigenvalue weighted by Crippen LogP contribution is -2.47. The lowest BCUT2D eigenvalue weighted by Gasteiger charge is -2.32. The zero-order valence-electron chi connectivity index (χ0n) is 22.1. The van der Waals surface area contributed by atoms with Crippen molar-refractivity contribution in [3.8, 4) is 11.4 Å². The smallest absolute Gasteiger partial charge is 0.243 e. The second-order valence-corrected chi connectivity index (χ2v) is 12.6. The van der Waals surface area contributed by atoms with Crippen molar-refractivity contribution in [3.05, 3.63) is 58.9 Å². The zero-order valence-corrected chi connectivity index (χ0v) is 23.7. The predicted octanol–water partition coefficient (Wildman–Crippen LogP) is 3.49. The number of aryl methyl sites for hydroxylation is 1. The highest BCUT2D eigenvalue weighted by Crippen LogP contribution is 2.27. The highest BCUT2D eigenvalue weighted by molar-refractivity contribution is 7.89. The van der Waals surface area contributed by atoms with E-state index in [1.807, 2.05) is 19.2 Å². The molecule has 2 saturated heterocycles. The van der Waals surface area contributed by atoms with Crippen LogP contribution in [0.1, 0.15) is 24.3 Å². The van der Waals surface area contributed by atoms with Gasteiger partial charge in [-0.2, -0.15) is 9.29 Å². The number of likely N-dealkylation sites (N-methyl/N-ethyl adjacent to an activating group) is 1. The number of hydrogen-bond donors (Lipinski definition) is 1. The number of aromatic nitrogens is 2. The number of piperazine rings is 1. The van der Waals surface area contributed by atoms with Crippen molar-refractivity contribution in [2.75, 3.05) is 51.6 Å². The molecule has 0 atom stereocenters. The molecule has 0 radical (unpaired) electrons. The molecule has 2 fully saturated rings. The molecule has 0 spiro atoms. The van der Waals surface area contributed by atoms with Crippen LogP contribution in [-0.2, 0) is 21.4 Å². The van der Waals surface area contributed by atoms with Crippen LogP contribution in [-0.4, -0.2) is 84.9 Å². The molecular weight excluding hydrogens is 540 g/mol. The molecule has 208 valence electrons. The van der Waals surface area contributed by atoms with E-state index in [-0.39, 0.29) is 16.7 Å². The first-order chi connectivity index (χ1) is 18.7. The van der Waals surface area contributed by atoms with E-state index in [4.69, 9.17) is 16.1 Å². The van der Waals surface area contributed by atoms with Crippen LogP contribution in [0.15, 0.2) is 51.9 Å². The Labute approximate surface area is 234 Å². The van der Waals surface area contributed by atoms with Gasteiger partial charge in [0.1, 0.15) is 0 Å². The summed E-state index contributed by atoms with van der Waals surface area (Å²) in [6, 6.07) is 12.4.